The summed E-state index contributed by atoms with van der Waals surface area (Å²) < 4.78 is 5.69. The molecular weight excluding hydrogens is 372 g/mol. The number of aromatic carboxylic acids is 1. The minimum atomic E-state index is -1.05. The van der Waals surface area contributed by atoms with Crippen LogP contribution in [0.15, 0.2) is 58.1 Å². The number of imide groups is 1. The number of carbonyl (C=O) groups is 3. The van der Waals surface area contributed by atoms with Crippen molar-refractivity contribution in [2.45, 2.75) is 12.8 Å². The van der Waals surface area contributed by atoms with E-state index in [0.717, 1.165) is 17.9 Å². The van der Waals surface area contributed by atoms with Crippen molar-refractivity contribution in [3.8, 4) is 11.3 Å². The fourth-order valence-electron chi connectivity index (χ4n) is 4.74. The Balaban J connectivity index is 1.39. The molecule has 0 spiro atoms. The number of carboxylic acids is 1. The molecule has 2 aromatic rings. The molecule has 1 N–H and O–H groups in total. The van der Waals surface area contributed by atoms with Crippen molar-refractivity contribution in [1.29, 1.82) is 0 Å². The maximum Gasteiger partial charge on any atom is 0.336 e. The number of rotatable bonds is 4. The van der Waals surface area contributed by atoms with E-state index in [4.69, 9.17) is 4.42 Å². The number of carbonyl (C=O) groups excluding carboxylic acids is 2. The minimum absolute atomic E-state index is 0.115. The maximum absolute atomic E-state index is 12.8. The first-order chi connectivity index (χ1) is 14.0. The standard InChI is InChI=1S/C22H18N2O5/c25-20-18-12-5-6-13(8-7-12)19(18)21(26)24(20)23-11-14-9-10-17(29-14)15-3-1-2-4-16(15)22(27)28/h1-6,9-13,18-19H,7-8H2,(H,27,28)/b23-11-/t12-,13-,18-,19-/m0/s1. The van der Waals surface area contributed by atoms with Gasteiger partial charge in [-0.25, -0.2) is 4.79 Å². The van der Waals surface area contributed by atoms with Crippen molar-refractivity contribution < 1.29 is 23.9 Å². The van der Waals surface area contributed by atoms with Crippen molar-refractivity contribution in [1.82, 2.24) is 5.01 Å². The number of amides is 2. The summed E-state index contributed by atoms with van der Waals surface area (Å²) in [5, 5.41) is 14.4. The molecule has 2 amide bonds. The van der Waals surface area contributed by atoms with Gasteiger partial charge in [0.15, 0.2) is 0 Å². The van der Waals surface area contributed by atoms with E-state index >= 15 is 0 Å². The van der Waals surface area contributed by atoms with Crippen molar-refractivity contribution >= 4 is 24.0 Å². The third kappa shape index (κ3) is 2.73. The molecule has 7 nitrogen and oxygen atoms in total. The fourth-order valence-corrected chi connectivity index (χ4v) is 4.74. The first kappa shape index (κ1) is 17.6. The van der Waals surface area contributed by atoms with E-state index in [0.29, 0.717) is 17.1 Å². The second-order valence-electron chi connectivity index (χ2n) is 7.63. The Labute approximate surface area is 166 Å². The molecule has 4 aliphatic rings. The zero-order valence-electron chi connectivity index (χ0n) is 15.4. The van der Waals surface area contributed by atoms with Gasteiger partial charge in [-0.2, -0.15) is 10.1 Å². The van der Waals surface area contributed by atoms with Crippen LogP contribution in [0, 0.1) is 23.7 Å². The summed E-state index contributed by atoms with van der Waals surface area (Å²) >= 11 is 0. The molecule has 0 radical (unpaired) electrons. The molecule has 4 atom stereocenters. The van der Waals surface area contributed by atoms with Crippen LogP contribution in [0.25, 0.3) is 11.3 Å². The second-order valence-corrected chi connectivity index (χ2v) is 7.63. The lowest BCUT2D eigenvalue weighted by Gasteiger charge is -2.37. The number of benzene rings is 1. The van der Waals surface area contributed by atoms with Crippen LogP contribution in [0.1, 0.15) is 29.0 Å². The Kier molecular flexibility index (Phi) is 3.97. The normalized spacial score (nSPS) is 27.8. The van der Waals surface area contributed by atoms with E-state index in [-0.39, 0.29) is 41.0 Å². The van der Waals surface area contributed by atoms with E-state index in [2.05, 4.69) is 17.3 Å². The molecule has 1 saturated carbocycles. The van der Waals surface area contributed by atoms with Gasteiger partial charge in [0.25, 0.3) is 11.8 Å². The number of furan rings is 1. The van der Waals surface area contributed by atoms with Gasteiger partial charge in [-0.05, 0) is 42.9 Å². The van der Waals surface area contributed by atoms with Crippen LogP contribution in [-0.2, 0) is 9.59 Å². The zero-order chi connectivity index (χ0) is 20.1. The third-order valence-corrected chi connectivity index (χ3v) is 6.09. The summed E-state index contributed by atoms with van der Waals surface area (Å²) in [5.41, 5.74) is 0.573. The molecule has 146 valence electrons. The van der Waals surface area contributed by atoms with Crippen molar-refractivity contribution in [3.05, 3.63) is 59.9 Å². The summed E-state index contributed by atoms with van der Waals surface area (Å²) in [6.07, 6.45) is 7.32. The molecule has 1 saturated heterocycles. The topological polar surface area (TPSA) is 100 Å². The molecule has 29 heavy (non-hydrogen) atoms. The van der Waals surface area contributed by atoms with Gasteiger partial charge in [0.1, 0.15) is 11.5 Å². The highest BCUT2D eigenvalue weighted by atomic mass is 16.4. The Morgan fingerprint density at radius 3 is 2.31 bits per heavy atom. The highest BCUT2D eigenvalue weighted by Gasteiger charge is 2.56. The maximum atomic E-state index is 12.8. The Hall–Kier alpha value is -3.48. The van der Waals surface area contributed by atoms with E-state index < -0.39 is 5.97 Å². The molecule has 1 aromatic carbocycles. The Morgan fingerprint density at radius 1 is 1.03 bits per heavy atom. The average molecular weight is 390 g/mol. The molecule has 0 unspecified atom stereocenters. The lowest BCUT2D eigenvalue weighted by atomic mass is 9.63. The number of allylic oxidation sites excluding steroid dienone is 2. The van der Waals surface area contributed by atoms with Gasteiger partial charge in [0.05, 0.1) is 23.6 Å². The van der Waals surface area contributed by atoms with E-state index in [1.54, 1.807) is 30.3 Å². The number of hydrogen-bond acceptors (Lipinski definition) is 5. The highest BCUT2D eigenvalue weighted by Crippen LogP contribution is 2.49. The molecule has 2 fully saturated rings. The number of hydrogen-bond donors (Lipinski definition) is 1. The SMILES string of the molecule is O=C(O)c1ccccc1-c1ccc(/C=N\N2C(=O)[C@@H]3[C@@H](C2=O)[C@H]2C=C[C@H]3CC2)o1. The van der Waals surface area contributed by atoms with Gasteiger partial charge >= 0.3 is 5.97 Å². The fraction of sp³-hybridized carbons (Fsp3) is 0.273. The van der Waals surface area contributed by atoms with Gasteiger partial charge in [-0.1, -0.05) is 30.4 Å². The van der Waals surface area contributed by atoms with Gasteiger partial charge < -0.3 is 9.52 Å². The largest absolute Gasteiger partial charge is 0.478 e. The highest BCUT2D eigenvalue weighted by molar-refractivity contribution is 6.06. The van der Waals surface area contributed by atoms with E-state index in [9.17, 15) is 19.5 Å². The number of carboxylic acid groups (broad SMARTS) is 1. The lowest BCUT2D eigenvalue weighted by molar-refractivity contribution is -0.140. The van der Waals surface area contributed by atoms with Crippen molar-refractivity contribution in [2.24, 2.45) is 28.8 Å². The minimum Gasteiger partial charge on any atom is -0.478 e. The van der Waals surface area contributed by atoms with Crippen LogP contribution >= 0.6 is 0 Å². The van der Waals surface area contributed by atoms with E-state index in [1.807, 2.05) is 0 Å². The summed E-state index contributed by atoms with van der Waals surface area (Å²) in [7, 11) is 0. The summed E-state index contributed by atoms with van der Waals surface area (Å²) in [6, 6.07) is 9.79. The smallest absolute Gasteiger partial charge is 0.336 e. The molecule has 6 rings (SSSR count). The molecule has 3 aliphatic carbocycles. The quantitative estimate of drug-likeness (QED) is 0.491. The summed E-state index contributed by atoms with van der Waals surface area (Å²) in [4.78, 5) is 36.9. The predicted molar refractivity (Wildman–Crippen MR) is 103 cm³/mol. The lowest BCUT2D eigenvalue weighted by Crippen LogP contribution is -2.38. The van der Waals surface area contributed by atoms with Crippen LogP contribution in [0.2, 0.25) is 0 Å². The van der Waals surface area contributed by atoms with Crippen LogP contribution in [0.5, 0.6) is 0 Å². The van der Waals surface area contributed by atoms with Gasteiger partial charge in [0, 0.05) is 5.56 Å². The first-order valence-corrected chi connectivity index (χ1v) is 9.57. The number of fused-ring (bicyclic) bond motifs is 1. The average Bonchev–Trinajstić information content (AvgIpc) is 3.32. The van der Waals surface area contributed by atoms with E-state index in [1.165, 1.54) is 12.3 Å². The molecule has 1 aromatic heterocycles. The molecule has 7 heteroatoms. The third-order valence-electron chi connectivity index (χ3n) is 6.09. The zero-order valence-corrected chi connectivity index (χ0v) is 15.4. The monoisotopic (exact) mass is 390 g/mol. The second kappa shape index (κ2) is 6.55. The van der Waals surface area contributed by atoms with Gasteiger partial charge in [-0.15, -0.1) is 0 Å². The van der Waals surface area contributed by atoms with Crippen LogP contribution in [0.4, 0.5) is 0 Å². The predicted octanol–water partition coefficient (Wildman–Crippen LogP) is 3.18. The molecular formula is C22H18N2O5. The number of hydrazone groups is 1. The Morgan fingerprint density at radius 2 is 1.69 bits per heavy atom. The van der Waals surface area contributed by atoms with Gasteiger partial charge in [0.2, 0.25) is 0 Å². The first-order valence-electron chi connectivity index (χ1n) is 9.57. The van der Waals surface area contributed by atoms with Crippen LogP contribution < -0.4 is 0 Å². The van der Waals surface area contributed by atoms with Crippen molar-refractivity contribution in [2.75, 3.05) is 0 Å². The number of nitrogens with zero attached hydrogens (tertiary/aromatic N) is 2. The van der Waals surface area contributed by atoms with Crippen LogP contribution in [0.3, 0.4) is 0 Å². The van der Waals surface area contributed by atoms with Crippen molar-refractivity contribution in [3.63, 3.8) is 0 Å². The molecule has 2 bridgehead atoms. The summed E-state index contributed by atoms with van der Waals surface area (Å²) in [6.45, 7) is 0. The Bertz CT molecular complexity index is 1050. The molecule has 2 heterocycles. The molecule has 1 aliphatic heterocycles. The summed E-state index contributed by atoms with van der Waals surface area (Å²) in [5.74, 6) is -1.23. The van der Waals surface area contributed by atoms with Crippen LogP contribution in [-0.4, -0.2) is 34.1 Å². The van der Waals surface area contributed by atoms with Gasteiger partial charge in [-0.3, -0.25) is 9.59 Å².